The molecule has 1 aromatic heterocycles. The van der Waals surface area contributed by atoms with E-state index in [0.29, 0.717) is 22.6 Å². The lowest BCUT2D eigenvalue weighted by Gasteiger charge is -2.12. The second-order valence-corrected chi connectivity index (χ2v) is 9.23. The van der Waals surface area contributed by atoms with Crippen molar-refractivity contribution in [2.75, 3.05) is 25.5 Å². The fraction of sp³-hybridized carbons (Fsp3) is 0.269. The van der Waals surface area contributed by atoms with Gasteiger partial charge in [-0.2, -0.15) is 0 Å². The fourth-order valence-corrected chi connectivity index (χ4v) is 4.79. The van der Waals surface area contributed by atoms with Crippen molar-refractivity contribution in [2.24, 2.45) is 11.3 Å². The average Bonchev–Trinajstić information content (AvgIpc) is 3.36. The normalized spacial score (nSPS) is 21.2. The first-order valence-corrected chi connectivity index (χ1v) is 11.1. The van der Waals surface area contributed by atoms with E-state index >= 15 is 0 Å². The molecule has 5 rings (SSSR count). The van der Waals surface area contributed by atoms with Crippen molar-refractivity contribution in [1.82, 2.24) is 14.9 Å². The molecular weight excluding hydrogens is 439 g/mol. The van der Waals surface area contributed by atoms with Crippen LogP contribution in [-0.2, 0) is 11.2 Å². The summed E-state index contributed by atoms with van der Waals surface area (Å²) in [6.07, 6.45) is 4.02. The fourth-order valence-electron chi connectivity index (χ4n) is 4.62. The molecule has 0 spiro atoms. The molecule has 3 aromatic rings. The van der Waals surface area contributed by atoms with Gasteiger partial charge in [0, 0.05) is 35.9 Å². The molecule has 1 N–H and O–H groups in total. The van der Waals surface area contributed by atoms with Crippen LogP contribution in [0.3, 0.4) is 0 Å². The summed E-state index contributed by atoms with van der Waals surface area (Å²) in [6, 6.07) is 8.46. The highest BCUT2D eigenvalue weighted by Gasteiger charge is 2.58. The van der Waals surface area contributed by atoms with Crippen LogP contribution in [0.2, 0.25) is 5.02 Å². The van der Waals surface area contributed by atoms with Crippen LogP contribution >= 0.6 is 11.6 Å². The Hall–Kier alpha value is -3.27. The Balaban J connectivity index is 1.57. The molecule has 2 heterocycles. The number of likely N-dealkylation sites (tertiary alicyclic amines) is 1. The molecule has 2 aromatic carbocycles. The maximum atomic E-state index is 14.4. The first-order chi connectivity index (χ1) is 15.9. The molecule has 33 heavy (non-hydrogen) atoms. The second kappa shape index (κ2) is 8.26. The largest absolute Gasteiger partial charge is 0.337 e. The average molecular weight is 461 g/mol. The molecule has 7 heteroatoms. The van der Waals surface area contributed by atoms with Gasteiger partial charge in [-0.25, -0.2) is 14.4 Å². The zero-order valence-corrected chi connectivity index (χ0v) is 18.9. The van der Waals surface area contributed by atoms with Gasteiger partial charge >= 0.3 is 0 Å². The van der Waals surface area contributed by atoms with Gasteiger partial charge in [0.25, 0.3) is 0 Å². The molecule has 1 saturated heterocycles. The van der Waals surface area contributed by atoms with Gasteiger partial charge in [0.1, 0.15) is 12.1 Å². The van der Waals surface area contributed by atoms with Gasteiger partial charge in [-0.05, 0) is 55.3 Å². The predicted molar refractivity (Wildman–Crippen MR) is 128 cm³/mol. The number of hydrogen-bond donors (Lipinski definition) is 1. The number of piperidine rings is 1. The SMILES string of the molecule is C=CC(=O)Cc1cc2c(Nc3cccc(Cl)c3F)ncnc2cc1C#CC12CC1CN(C)C2. The van der Waals surface area contributed by atoms with Crippen molar-refractivity contribution in [3.8, 4) is 11.8 Å². The lowest BCUT2D eigenvalue weighted by atomic mass is 9.98. The predicted octanol–water partition coefficient (Wildman–Crippen LogP) is 4.77. The molecule has 0 radical (unpaired) electrons. The summed E-state index contributed by atoms with van der Waals surface area (Å²) in [5, 5.41) is 3.69. The highest BCUT2D eigenvalue weighted by molar-refractivity contribution is 6.31. The van der Waals surface area contributed by atoms with E-state index in [-0.39, 0.29) is 28.3 Å². The third kappa shape index (κ3) is 4.10. The van der Waals surface area contributed by atoms with Gasteiger partial charge in [-0.3, -0.25) is 4.79 Å². The Bertz CT molecular complexity index is 1360. The van der Waals surface area contributed by atoms with Gasteiger partial charge in [0.2, 0.25) is 0 Å². The topological polar surface area (TPSA) is 58.1 Å². The zero-order chi connectivity index (χ0) is 23.2. The van der Waals surface area contributed by atoms with Crippen LogP contribution in [0.5, 0.6) is 0 Å². The molecular formula is C26H22ClFN4O. The molecule has 166 valence electrons. The van der Waals surface area contributed by atoms with Crippen molar-refractivity contribution in [3.63, 3.8) is 0 Å². The highest BCUT2D eigenvalue weighted by Crippen LogP contribution is 2.56. The van der Waals surface area contributed by atoms with E-state index in [1.165, 1.54) is 18.5 Å². The molecule has 0 amide bonds. The minimum atomic E-state index is -0.560. The number of benzene rings is 2. The zero-order valence-electron chi connectivity index (χ0n) is 18.2. The highest BCUT2D eigenvalue weighted by atomic mass is 35.5. The number of nitrogens with one attached hydrogen (secondary N) is 1. The lowest BCUT2D eigenvalue weighted by Crippen LogP contribution is -2.19. The third-order valence-electron chi connectivity index (χ3n) is 6.42. The number of allylic oxidation sites excluding steroid dienone is 1. The van der Waals surface area contributed by atoms with Crippen molar-refractivity contribution in [1.29, 1.82) is 0 Å². The Morgan fingerprint density at radius 2 is 2.27 bits per heavy atom. The Morgan fingerprint density at radius 3 is 3.03 bits per heavy atom. The second-order valence-electron chi connectivity index (χ2n) is 8.83. The van der Waals surface area contributed by atoms with E-state index in [9.17, 15) is 9.18 Å². The number of carbonyl (C=O) groups is 1. The minimum absolute atomic E-state index is 0.0171. The molecule has 2 fully saturated rings. The summed E-state index contributed by atoms with van der Waals surface area (Å²) < 4.78 is 14.4. The summed E-state index contributed by atoms with van der Waals surface area (Å²) in [7, 11) is 2.12. The molecule has 1 aliphatic heterocycles. The summed E-state index contributed by atoms with van der Waals surface area (Å²) in [5.74, 6) is 7.22. The first kappa shape index (κ1) is 21.6. The number of fused-ring (bicyclic) bond motifs is 2. The number of hydrogen-bond acceptors (Lipinski definition) is 5. The summed E-state index contributed by atoms with van der Waals surface area (Å²) in [6.45, 7) is 5.65. The number of anilines is 2. The van der Waals surface area contributed by atoms with E-state index < -0.39 is 5.82 Å². The van der Waals surface area contributed by atoms with Gasteiger partial charge in [-0.1, -0.05) is 36.1 Å². The van der Waals surface area contributed by atoms with E-state index in [2.05, 4.69) is 45.7 Å². The third-order valence-corrected chi connectivity index (χ3v) is 6.71. The minimum Gasteiger partial charge on any atom is -0.337 e. The maximum Gasteiger partial charge on any atom is 0.165 e. The van der Waals surface area contributed by atoms with Crippen LogP contribution in [-0.4, -0.2) is 40.8 Å². The number of aromatic nitrogens is 2. The Morgan fingerprint density at radius 1 is 1.42 bits per heavy atom. The van der Waals surface area contributed by atoms with E-state index in [4.69, 9.17) is 11.6 Å². The van der Waals surface area contributed by atoms with Crippen LogP contribution in [0.25, 0.3) is 10.9 Å². The van der Waals surface area contributed by atoms with Gasteiger partial charge in [-0.15, -0.1) is 0 Å². The molecule has 1 saturated carbocycles. The Kier molecular flexibility index (Phi) is 5.40. The summed E-state index contributed by atoms with van der Waals surface area (Å²) in [5.41, 5.74) is 2.46. The van der Waals surface area contributed by atoms with Crippen molar-refractivity contribution in [3.05, 3.63) is 71.3 Å². The molecule has 0 bridgehead atoms. The van der Waals surface area contributed by atoms with Crippen molar-refractivity contribution in [2.45, 2.75) is 12.8 Å². The van der Waals surface area contributed by atoms with Crippen molar-refractivity contribution < 1.29 is 9.18 Å². The number of halogens is 2. The van der Waals surface area contributed by atoms with Crippen LogP contribution in [0.15, 0.2) is 49.3 Å². The number of carbonyl (C=O) groups excluding carboxylic acids is 1. The van der Waals surface area contributed by atoms with Crippen LogP contribution in [0.4, 0.5) is 15.9 Å². The maximum absolute atomic E-state index is 14.4. The standard InChI is InChI=1S/C26H22ClFN4O/c1-3-19(33)9-17-10-20-23(11-16(17)7-8-26-12-18(26)13-32(2)14-26)29-15-30-25(20)31-22-6-4-5-21(27)24(22)28/h3-6,10-11,15,18H,1,9,12-14H2,2H3,(H,29,30,31). The monoisotopic (exact) mass is 460 g/mol. The van der Waals surface area contributed by atoms with E-state index in [1.54, 1.807) is 12.1 Å². The van der Waals surface area contributed by atoms with Crippen LogP contribution < -0.4 is 5.32 Å². The van der Waals surface area contributed by atoms with Crippen LogP contribution in [0, 0.1) is 29.0 Å². The van der Waals surface area contributed by atoms with E-state index in [1.807, 2.05) is 12.1 Å². The van der Waals surface area contributed by atoms with Gasteiger partial charge < -0.3 is 10.2 Å². The molecule has 1 aliphatic carbocycles. The summed E-state index contributed by atoms with van der Waals surface area (Å²) >= 11 is 5.92. The lowest BCUT2D eigenvalue weighted by molar-refractivity contribution is -0.114. The number of nitrogens with zero attached hydrogens (tertiary/aromatic N) is 3. The molecule has 2 unspecified atom stereocenters. The van der Waals surface area contributed by atoms with Gasteiger partial charge in [0.05, 0.1) is 16.2 Å². The quantitative estimate of drug-likeness (QED) is 0.439. The molecule has 5 nitrogen and oxygen atoms in total. The molecule has 2 aliphatic rings. The smallest absolute Gasteiger partial charge is 0.165 e. The van der Waals surface area contributed by atoms with Crippen LogP contribution in [0.1, 0.15) is 17.5 Å². The van der Waals surface area contributed by atoms with Crippen molar-refractivity contribution >= 4 is 39.8 Å². The number of ketones is 1. The van der Waals surface area contributed by atoms with E-state index in [0.717, 1.165) is 30.6 Å². The van der Waals surface area contributed by atoms with Gasteiger partial charge in [0.15, 0.2) is 11.6 Å². The Labute approximate surface area is 196 Å². The first-order valence-electron chi connectivity index (χ1n) is 10.7. The number of rotatable bonds is 5. The molecule has 2 atom stereocenters. The summed E-state index contributed by atoms with van der Waals surface area (Å²) in [4.78, 5) is 23.2.